The Morgan fingerprint density at radius 1 is 1.17 bits per heavy atom. The van der Waals surface area contributed by atoms with Crippen LogP contribution in [0, 0.1) is 0 Å². The van der Waals surface area contributed by atoms with Crippen molar-refractivity contribution in [1.82, 2.24) is 5.32 Å². The Hall–Kier alpha value is -2.05. The van der Waals surface area contributed by atoms with E-state index in [1.807, 2.05) is 0 Å². The molecule has 24 heavy (non-hydrogen) atoms. The van der Waals surface area contributed by atoms with Gasteiger partial charge in [0.1, 0.15) is 18.1 Å². The molecule has 0 bridgehead atoms. The van der Waals surface area contributed by atoms with Crippen molar-refractivity contribution >= 4 is 39.7 Å². The van der Waals surface area contributed by atoms with E-state index in [9.17, 15) is 9.59 Å². The van der Waals surface area contributed by atoms with Gasteiger partial charge in [-0.25, -0.2) is 0 Å². The highest BCUT2D eigenvalue weighted by atomic mass is 79.9. The maximum Gasteiger partial charge on any atom is 0.258 e. The first-order valence-corrected chi connectivity index (χ1v) is 8.28. The van der Waals surface area contributed by atoms with Gasteiger partial charge < -0.3 is 14.8 Å². The second-order valence-electron chi connectivity index (χ2n) is 4.74. The van der Waals surface area contributed by atoms with Crippen LogP contribution in [0.2, 0.25) is 5.02 Å². The Labute approximate surface area is 153 Å². The minimum absolute atomic E-state index is 0.177. The maximum absolute atomic E-state index is 11.7. The van der Waals surface area contributed by atoms with Gasteiger partial charge in [0.15, 0.2) is 12.9 Å². The minimum atomic E-state index is -0.297. The zero-order valence-corrected chi connectivity index (χ0v) is 15.0. The summed E-state index contributed by atoms with van der Waals surface area (Å²) in [5.41, 5.74) is 0.378. The number of amides is 1. The summed E-state index contributed by atoms with van der Waals surface area (Å²) in [5.74, 6) is 0.741. The molecule has 0 saturated heterocycles. The van der Waals surface area contributed by atoms with Crippen molar-refractivity contribution < 1.29 is 19.1 Å². The van der Waals surface area contributed by atoms with E-state index < -0.39 is 0 Å². The molecule has 1 amide bonds. The third-order valence-electron chi connectivity index (χ3n) is 2.96. The summed E-state index contributed by atoms with van der Waals surface area (Å²) in [6.07, 6.45) is 0.679. The fraction of sp³-hybridized carbons (Fsp3) is 0.176. The summed E-state index contributed by atoms with van der Waals surface area (Å²) in [7, 11) is 0. The van der Waals surface area contributed by atoms with Crippen LogP contribution in [0.4, 0.5) is 0 Å². The van der Waals surface area contributed by atoms with Crippen molar-refractivity contribution in [2.45, 2.75) is 0 Å². The van der Waals surface area contributed by atoms with Gasteiger partial charge in [0, 0.05) is 9.50 Å². The normalized spacial score (nSPS) is 10.1. The molecule has 0 aromatic heterocycles. The van der Waals surface area contributed by atoms with Crippen molar-refractivity contribution in [3.8, 4) is 11.5 Å². The zero-order chi connectivity index (χ0) is 17.4. The van der Waals surface area contributed by atoms with Crippen LogP contribution in [0.25, 0.3) is 0 Å². The number of rotatable bonds is 8. The van der Waals surface area contributed by atoms with Gasteiger partial charge >= 0.3 is 0 Å². The number of carbonyl (C=O) groups is 2. The highest BCUT2D eigenvalue weighted by Crippen LogP contribution is 2.21. The van der Waals surface area contributed by atoms with Gasteiger partial charge in [0.2, 0.25) is 0 Å². The van der Waals surface area contributed by atoms with Crippen molar-refractivity contribution in [2.24, 2.45) is 0 Å². The summed E-state index contributed by atoms with van der Waals surface area (Å²) in [6.45, 7) is 0.486. The number of aldehydes is 1. The van der Waals surface area contributed by atoms with Gasteiger partial charge in [-0.2, -0.15) is 0 Å². The lowest BCUT2D eigenvalue weighted by Crippen LogP contribution is -2.32. The van der Waals surface area contributed by atoms with E-state index in [0.29, 0.717) is 41.5 Å². The number of hydrogen-bond donors (Lipinski definition) is 1. The van der Waals surface area contributed by atoms with Gasteiger partial charge in [-0.3, -0.25) is 9.59 Å². The summed E-state index contributed by atoms with van der Waals surface area (Å²) < 4.78 is 11.6. The van der Waals surface area contributed by atoms with E-state index in [2.05, 4.69) is 21.2 Å². The number of hydrogen-bond acceptors (Lipinski definition) is 4. The Kier molecular flexibility index (Phi) is 7.08. The second-order valence-corrected chi connectivity index (χ2v) is 6.09. The van der Waals surface area contributed by atoms with Crippen LogP contribution in [0.3, 0.4) is 0 Å². The van der Waals surface area contributed by atoms with E-state index in [4.69, 9.17) is 21.1 Å². The Bertz CT molecular complexity index is 706. The predicted octanol–water partition coefficient (Wildman–Crippen LogP) is 3.49. The molecule has 1 N–H and O–H groups in total. The lowest BCUT2D eigenvalue weighted by atomic mass is 10.2. The molecule has 0 aliphatic heterocycles. The largest absolute Gasteiger partial charge is 0.492 e. The van der Waals surface area contributed by atoms with Gasteiger partial charge in [-0.15, -0.1) is 0 Å². The van der Waals surface area contributed by atoms with Gasteiger partial charge in [0.25, 0.3) is 5.91 Å². The van der Waals surface area contributed by atoms with Gasteiger partial charge in [-0.1, -0.05) is 27.5 Å². The molecule has 0 heterocycles. The van der Waals surface area contributed by atoms with Crippen LogP contribution >= 0.6 is 27.5 Å². The van der Waals surface area contributed by atoms with E-state index in [0.717, 1.165) is 4.47 Å². The fourth-order valence-corrected chi connectivity index (χ4v) is 2.33. The molecule has 0 unspecified atom stereocenters. The molecule has 2 aromatic rings. The first-order valence-electron chi connectivity index (χ1n) is 7.11. The van der Waals surface area contributed by atoms with E-state index >= 15 is 0 Å². The summed E-state index contributed by atoms with van der Waals surface area (Å²) in [4.78, 5) is 22.7. The molecule has 0 aliphatic carbocycles. The van der Waals surface area contributed by atoms with Gasteiger partial charge in [0.05, 0.1) is 12.1 Å². The highest BCUT2D eigenvalue weighted by Gasteiger charge is 2.07. The second kappa shape index (κ2) is 9.30. The third kappa shape index (κ3) is 5.86. The molecule has 0 fully saturated rings. The predicted molar refractivity (Wildman–Crippen MR) is 95.0 cm³/mol. The molecular formula is C17H15BrClNO4. The van der Waals surface area contributed by atoms with Crippen molar-refractivity contribution in [2.75, 3.05) is 19.8 Å². The van der Waals surface area contributed by atoms with Crippen molar-refractivity contribution in [1.29, 1.82) is 0 Å². The molecule has 126 valence electrons. The third-order valence-corrected chi connectivity index (χ3v) is 3.71. The number of halogens is 2. The van der Waals surface area contributed by atoms with E-state index in [-0.39, 0.29) is 12.5 Å². The average Bonchev–Trinajstić information content (AvgIpc) is 2.59. The number of ether oxygens (including phenoxy) is 2. The van der Waals surface area contributed by atoms with E-state index in [1.165, 1.54) is 0 Å². The quantitative estimate of drug-likeness (QED) is 0.532. The molecule has 2 aromatic carbocycles. The maximum atomic E-state index is 11.7. The molecule has 0 atom stereocenters. The molecule has 5 nitrogen and oxygen atoms in total. The average molecular weight is 413 g/mol. The van der Waals surface area contributed by atoms with Crippen molar-refractivity contribution in [3.63, 3.8) is 0 Å². The first kappa shape index (κ1) is 18.3. The van der Waals surface area contributed by atoms with E-state index in [1.54, 1.807) is 42.5 Å². The molecule has 0 radical (unpaired) electrons. The molecule has 0 aliphatic rings. The summed E-state index contributed by atoms with van der Waals surface area (Å²) in [6, 6.07) is 12.0. The molecular weight excluding hydrogens is 398 g/mol. The summed E-state index contributed by atoms with van der Waals surface area (Å²) in [5, 5.41) is 3.31. The fourth-order valence-electron chi connectivity index (χ4n) is 1.83. The van der Waals surface area contributed by atoms with Crippen LogP contribution in [-0.2, 0) is 4.79 Å². The zero-order valence-electron chi connectivity index (χ0n) is 12.6. The van der Waals surface area contributed by atoms with Crippen LogP contribution in [0.5, 0.6) is 11.5 Å². The lowest BCUT2D eigenvalue weighted by Gasteiger charge is -2.10. The van der Waals surface area contributed by atoms with Crippen molar-refractivity contribution in [3.05, 3.63) is 57.5 Å². The van der Waals surface area contributed by atoms with Crippen LogP contribution in [0.15, 0.2) is 46.9 Å². The molecule has 2 rings (SSSR count). The first-order chi connectivity index (χ1) is 11.6. The molecule has 0 saturated carbocycles. The van der Waals surface area contributed by atoms with Crippen LogP contribution in [0.1, 0.15) is 10.4 Å². The number of benzene rings is 2. The smallest absolute Gasteiger partial charge is 0.258 e. The van der Waals surface area contributed by atoms with Crippen LogP contribution < -0.4 is 14.8 Å². The number of nitrogens with one attached hydrogen (secondary N) is 1. The van der Waals surface area contributed by atoms with Crippen LogP contribution in [-0.4, -0.2) is 32.0 Å². The van der Waals surface area contributed by atoms with Gasteiger partial charge in [-0.05, 0) is 42.5 Å². The summed E-state index contributed by atoms with van der Waals surface area (Å²) >= 11 is 9.05. The number of carbonyl (C=O) groups excluding carboxylic acids is 2. The minimum Gasteiger partial charge on any atom is -0.492 e. The Morgan fingerprint density at radius 3 is 2.62 bits per heavy atom. The SMILES string of the molecule is O=Cc1cc(Br)ccc1OCC(=O)NCCOc1ccc(Cl)cc1. The monoisotopic (exact) mass is 411 g/mol. The lowest BCUT2D eigenvalue weighted by molar-refractivity contribution is -0.123. The topological polar surface area (TPSA) is 64.6 Å². The standard InChI is InChI=1S/C17H15BrClNO4/c18-13-1-6-16(12(9-13)10-21)24-11-17(22)20-7-8-23-15-4-2-14(19)3-5-15/h1-6,9-10H,7-8,11H2,(H,20,22). The Morgan fingerprint density at radius 2 is 1.92 bits per heavy atom. The molecule has 7 heteroatoms. The highest BCUT2D eigenvalue weighted by molar-refractivity contribution is 9.10. The Balaban J connectivity index is 1.70. The molecule has 0 spiro atoms.